The average Bonchev–Trinajstić information content (AvgIpc) is 2.84. The van der Waals surface area contributed by atoms with Gasteiger partial charge < -0.3 is 14.4 Å². The SMILES string of the molecule is CN(CCCCO)CCc1ccc2ncoc2c1. The Kier molecular flexibility index (Phi) is 4.73. The summed E-state index contributed by atoms with van der Waals surface area (Å²) in [6.45, 7) is 2.34. The highest BCUT2D eigenvalue weighted by molar-refractivity contribution is 5.72. The van der Waals surface area contributed by atoms with Gasteiger partial charge in [0.05, 0.1) is 0 Å². The first-order chi connectivity index (χ1) is 8.79. The summed E-state index contributed by atoms with van der Waals surface area (Å²) in [5.74, 6) is 0. The number of rotatable bonds is 7. The van der Waals surface area contributed by atoms with Crippen molar-refractivity contribution < 1.29 is 9.52 Å². The maximum Gasteiger partial charge on any atom is 0.181 e. The van der Waals surface area contributed by atoms with E-state index in [2.05, 4.69) is 29.1 Å². The molecule has 1 N–H and O–H groups in total. The third kappa shape index (κ3) is 3.55. The van der Waals surface area contributed by atoms with Crippen LogP contribution in [0, 0.1) is 0 Å². The van der Waals surface area contributed by atoms with Gasteiger partial charge in [-0.15, -0.1) is 0 Å². The predicted molar refractivity (Wildman–Crippen MR) is 71.5 cm³/mol. The van der Waals surface area contributed by atoms with Crippen LogP contribution in [-0.4, -0.2) is 41.7 Å². The fraction of sp³-hybridized carbons (Fsp3) is 0.500. The average molecular weight is 248 g/mol. The molecule has 0 saturated carbocycles. The van der Waals surface area contributed by atoms with E-state index >= 15 is 0 Å². The Labute approximate surface area is 107 Å². The monoisotopic (exact) mass is 248 g/mol. The molecule has 2 rings (SSSR count). The van der Waals surface area contributed by atoms with Crippen molar-refractivity contribution in [1.29, 1.82) is 0 Å². The summed E-state index contributed by atoms with van der Waals surface area (Å²) in [5.41, 5.74) is 3.04. The molecule has 0 aliphatic carbocycles. The molecule has 1 heterocycles. The quantitative estimate of drug-likeness (QED) is 0.762. The number of aliphatic hydroxyl groups is 1. The highest BCUT2D eigenvalue weighted by Crippen LogP contribution is 2.14. The van der Waals surface area contributed by atoms with Crippen molar-refractivity contribution in [2.45, 2.75) is 19.3 Å². The molecule has 0 radical (unpaired) electrons. The van der Waals surface area contributed by atoms with Gasteiger partial charge in [-0.1, -0.05) is 6.07 Å². The van der Waals surface area contributed by atoms with Gasteiger partial charge in [0, 0.05) is 13.2 Å². The van der Waals surface area contributed by atoms with Crippen molar-refractivity contribution in [2.75, 3.05) is 26.7 Å². The first-order valence-electron chi connectivity index (χ1n) is 6.41. The topological polar surface area (TPSA) is 49.5 Å². The lowest BCUT2D eigenvalue weighted by Gasteiger charge is -2.15. The third-order valence-electron chi connectivity index (χ3n) is 3.13. The summed E-state index contributed by atoms with van der Waals surface area (Å²) in [5, 5.41) is 8.73. The second-order valence-electron chi connectivity index (χ2n) is 4.64. The summed E-state index contributed by atoms with van der Waals surface area (Å²) in [4.78, 5) is 6.40. The van der Waals surface area contributed by atoms with Crippen LogP contribution in [0.2, 0.25) is 0 Å². The first kappa shape index (κ1) is 13.1. The van der Waals surface area contributed by atoms with Crippen molar-refractivity contribution in [1.82, 2.24) is 9.88 Å². The van der Waals surface area contributed by atoms with E-state index < -0.39 is 0 Å². The second kappa shape index (κ2) is 6.52. The van der Waals surface area contributed by atoms with Crippen molar-refractivity contribution in [2.24, 2.45) is 0 Å². The highest BCUT2D eigenvalue weighted by atomic mass is 16.3. The molecule has 2 aromatic rings. The third-order valence-corrected chi connectivity index (χ3v) is 3.13. The predicted octanol–water partition coefficient (Wildman–Crippen LogP) is 2.07. The van der Waals surface area contributed by atoms with Crippen LogP contribution in [0.5, 0.6) is 0 Å². The van der Waals surface area contributed by atoms with E-state index in [1.54, 1.807) is 0 Å². The number of benzene rings is 1. The molecule has 0 spiro atoms. The minimum absolute atomic E-state index is 0.288. The van der Waals surface area contributed by atoms with Gasteiger partial charge in [0.15, 0.2) is 12.0 Å². The number of oxazole rings is 1. The van der Waals surface area contributed by atoms with Crippen molar-refractivity contribution in [3.63, 3.8) is 0 Å². The van der Waals surface area contributed by atoms with Gasteiger partial charge in [-0.3, -0.25) is 0 Å². The Bertz CT molecular complexity index is 481. The van der Waals surface area contributed by atoms with E-state index in [0.717, 1.165) is 43.5 Å². The van der Waals surface area contributed by atoms with Gasteiger partial charge in [-0.2, -0.15) is 0 Å². The largest absolute Gasteiger partial charge is 0.443 e. The van der Waals surface area contributed by atoms with Crippen LogP contribution < -0.4 is 0 Å². The molecule has 0 aliphatic rings. The normalized spacial score (nSPS) is 11.5. The van der Waals surface area contributed by atoms with Gasteiger partial charge in [-0.05, 0) is 50.6 Å². The van der Waals surface area contributed by atoms with E-state index in [1.165, 1.54) is 12.0 Å². The number of unbranched alkanes of at least 4 members (excludes halogenated alkanes) is 1. The standard InChI is InChI=1S/C14H20N2O2/c1-16(7-2-3-9-17)8-6-12-4-5-13-14(10-12)18-11-15-13/h4-5,10-11,17H,2-3,6-9H2,1H3. The zero-order chi connectivity index (χ0) is 12.8. The molecule has 0 atom stereocenters. The van der Waals surface area contributed by atoms with Crippen LogP contribution in [0.1, 0.15) is 18.4 Å². The van der Waals surface area contributed by atoms with Gasteiger partial charge in [0.25, 0.3) is 0 Å². The number of aromatic nitrogens is 1. The van der Waals surface area contributed by atoms with Crippen LogP contribution in [0.4, 0.5) is 0 Å². The van der Waals surface area contributed by atoms with E-state index in [1.807, 2.05) is 6.07 Å². The van der Waals surface area contributed by atoms with Crippen LogP contribution in [0.3, 0.4) is 0 Å². The molecule has 1 aromatic carbocycles. The summed E-state index contributed by atoms with van der Waals surface area (Å²) in [7, 11) is 2.12. The molecular weight excluding hydrogens is 228 g/mol. The summed E-state index contributed by atoms with van der Waals surface area (Å²) >= 11 is 0. The van der Waals surface area contributed by atoms with Gasteiger partial charge in [0.2, 0.25) is 0 Å². The molecule has 0 amide bonds. The summed E-state index contributed by atoms with van der Waals surface area (Å²) in [6, 6.07) is 6.16. The van der Waals surface area contributed by atoms with E-state index in [-0.39, 0.29) is 6.61 Å². The zero-order valence-corrected chi connectivity index (χ0v) is 10.8. The number of aliphatic hydroxyl groups excluding tert-OH is 1. The Hall–Kier alpha value is -1.39. The fourth-order valence-corrected chi connectivity index (χ4v) is 1.98. The molecule has 0 saturated heterocycles. The molecule has 4 heteroatoms. The lowest BCUT2D eigenvalue weighted by atomic mass is 10.1. The van der Waals surface area contributed by atoms with Gasteiger partial charge in [0.1, 0.15) is 5.52 Å². The van der Waals surface area contributed by atoms with Crippen molar-refractivity contribution in [3.05, 3.63) is 30.2 Å². The molecule has 0 aliphatic heterocycles. The van der Waals surface area contributed by atoms with Crippen molar-refractivity contribution >= 4 is 11.1 Å². The number of likely N-dealkylation sites (N-methyl/N-ethyl adjacent to an activating group) is 1. The molecular formula is C14H20N2O2. The van der Waals surface area contributed by atoms with Gasteiger partial charge in [-0.25, -0.2) is 4.98 Å². The summed E-state index contributed by atoms with van der Waals surface area (Å²) in [6.07, 6.45) is 4.42. The number of fused-ring (bicyclic) bond motifs is 1. The van der Waals surface area contributed by atoms with E-state index in [4.69, 9.17) is 9.52 Å². The maximum atomic E-state index is 8.73. The van der Waals surface area contributed by atoms with Crippen LogP contribution in [0.25, 0.3) is 11.1 Å². The minimum Gasteiger partial charge on any atom is -0.443 e. The van der Waals surface area contributed by atoms with Gasteiger partial charge >= 0.3 is 0 Å². The fourth-order valence-electron chi connectivity index (χ4n) is 1.98. The number of hydrogen-bond donors (Lipinski definition) is 1. The molecule has 0 bridgehead atoms. The number of nitrogens with zero attached hydrogens (tertiary/aromatic N) is 2. The van der Waals surface area contributed by atoms with E-state index in [0.29, 0.717) is 0 Å². The molecule has 18 heavy (non-hydrogen) atoms. The summed E-state index contributed by atoms with van der Waals surface area (Å²) < 4.78 is 5.29. The van der Waals surface area contributed by atoms with Crippen LogP contribution in [0.15, 0.2) is 29.0 Å². The molecule has 1 aromatic heterocycles. The first-order valence-corrected chi connectivity index (χ1v) is 6.41. The Morgan fingerprint density at radius 3 is 3.00 bits per heavy atom. The van der Waals surface area contributed by atoms with Crippen LogP contribution in [-0.2, 0) is 6.42 Å². The lowest BCUT2D eigenvalue weighted by molar-refractivity contribution is 0.264. The van der Waals surface area contributed by atoms with Crippen LogP contribution >= 0.6 is 0 Å². The molecule has 0 fully saturated rings. The minimum atomic E-state index is 0.288. The molecule has 98 valence electrons. The molecule has 4 nitrogen and oxygen atoms in total. The number of hydrogen-bond acceptors (Lipinski definition) is 4. The smallest absolute Gasteiger partial charge is 0.181 e. The zero-order valence-electron chi connectivity index (χ0n) is 10.8. The molecule has 0 unspecified atom stereocenters. The maximum absolute atomic E-state index is 8.73. The Morgan fingerprint density at radius 2 is 2.17 bits per heavy atom. The second-order valence-corrected chi connectivity index (χ2v) is 4.64. The Morgan fingerprint density at radius 1 is 1.28 bits per heavy atom. The van der Waals surface area contributed by atoms with Crippen molar-refractivity contribution in [3.8, 4) is 0 Å². The Balaban J connectivity index is 1.81. The van der Waals surface area contributed by atoms with E-state index in [9.17, 15) is 0 Å². The lowest BCUT2D eigenvalue weighted by Crippen LogP contribution is -2.22. The highest BCUT2D eigenvalue weighted by Gasteiger charge is 2.02.